The Morgan fingerprint density at radius 1 is 0.938 bits per heavy atom. The van der Waals surface area contributed by atoms with Gasteiger partial charge in [0.25, 0.3) is 0 Å². The SMILES string of the molecule is CNS(=O)(=O)c1cccc(OCC(O)CNC2COC3(CCN(S(=O)(=O)c4cccc(-c5ccc(CNCC(C)C)cc5)c4)CC3)C2)c1. The van der Waals surface area contributed by atoms with E-state index in [0.29, 0.717) is 44.2 Å². The van der Waals surface area contributed by atoms with E-state index >= 15 is 0 Å². The molecule has 0 saturated carbocycles. The van der Waals surface area contributed by atoms with Crippen molar-refractivity contribution in [3.05, 3.63) is 78.4 Å². The highest BCUT2D eigenvalue weighted by atomic mass is 32.2. The summed E-state index contributed by atoms with van der Waals surface area (Å²) < 4.78 is 67.1. The number of hydrogen-bond donors (Lipinski definition) is 4. The van der Waals surface area contributed by atoms with Crippen LogP contribution in [0.5, 0.6) is 5.75 Å². The van der Waals surface area contributed by atoms with Gasteiger partial charge in [0.2, 0.25) is 20.0 Å². The Bertz CT molecular complexity index is 1730. The molecule has 4 N–H and O–H groups in total. The fourth-order valence-electron chi connectivity index (χ4n) is 6.17. The van der Waals surface area contributed by atoms with Gasteiger partial charge in [-0.15, -0.1) is 0 Å². The van der Waals surface area contributed by atoms with Gasteiger partial charge in [-0.3, -0.25) is 0 Å². The van der Waals surface area contributed by atoms with Gasteiger partial charge in [-0.2, -0.15) is 4.31 Å². The molecule has 3 aromatic carbocycles. The lowest BCUT2D eigenvalue weighted by molar-refractivity contribution is -0.0312. The van der Waals surface area contributed by atoms with Gasteiger partial charge in [-0.1, -0.05) is 56.3 Å². The van der Waals surface area contributed by atoms with E-state index in [2.05, 4.69) is 41.3 Å². The van der Waals surface area contributed by atoms with Crippen molar-refractivity contribution in [1.82, 2.24) is 19.7 Å². The summed E-state index contributed by atoms with van der Waals surface area (Å²) >= 11 is 0. The zero-order valence-corrected chi connectivity index (χ0v) is 29.5. The number of nitrogens with zero attached hydrogens (tertiary/aromatic N) is 1. The standard InChI is InChI=1S/C35H48N4O7S2/c1-26(2)21-37-22-27-10-12-28(13-11-27)29-6-4-9-34(18-29)48(43,44)39-16-14-35(15-17-39)20-30(24-46-35)38-23-31(40)25-45-32-7-5-8-33(19-32)47(41,42)36-3/h4-13,18-19,26,30-31,36-38,40H,14-17,20-25H2,1-3H3. The molecule has 2 heterocycles. The van der Waals surface area contributed by atoms with Crippen molar-refractivity contribution >= 4 is 20.0 Å². The van der Waals surface area contributed by atoms with Crippen LogP contribution in [0.1, 0.15) is 38.7 Å². The van der Waals surface area contributed by atoms with Crippen LogP contribution in [0.25, 0.3) is 11.1 Å². The molecule has 262 valence electrons. The second-order valence-corrected chi connectivity index (χ2v) is 16.9. The van der Waals surface area contributed by atoms with Gasteiger partial charge in [0.15, 0.2) is 0 Å². The molecule has 0 radical (unpaired) electrons. The minimum atomic E-state index is -3.68. The average Bonchev–Trinajstić information content (AvgIpc) is 3.48. The average molecular weight is 701 g/mol. The molecular weight excluding hydrogens is 653 g/mol. The van der Waals surface area contributed by atoms with Crippen molar-refractivity contribution in [3.8, 4) is 16.9 Å². The summed E-state index contributed by atoms with van der Waals surface area (Å²) in [5, 5.41) is 17.3. The number of rotatable bonds is 15. The Morgan fingerprint density at radius 2 is 1.65 bits per heavy atom. The lowest BCUT2D eigenvalue weighted by Gasteiger charge is -2.38. The van der Waals surface area contributed by atoms with E-state index in [9.17, 15) is 21.9 Å². The first kappa shape index (κ1) is 36.4. The normalized spacial score (nSPS) is 19.1. The third-order valence-corrected chi connectivity index (χ3v) is 12.3. The van der Waals surface area contributed by atoms with Crippen molar-refractivity contribution in [2.45, 2.75) is 67.2 Å². The van der Waals surface area contributed by atoms with Gasteiger partial charge in [-0.05, 0) is 79.7 Å². The highest BCUT2D eigenvalue weighted by molar-refractivity contribution is 7.89. The molecule has 2 saturated heterocycles. The largest absolute Gasteiger partial charge is 0.491 e. The molecule has 0 aliphatic carbocycles. The van der Waals surface area contributed by atoms with Crippen LogP contribution in [0.4, 0.5) is 0 Å². The summed E-state index contributed by atoms with van der Waals surface area (Å²) in [7, 11) is -5.93. The van der Waals surface area contributed by atoms with E-state index in [1.54, 1.807) is 34.6 Å². The number of benzene rings is 3. The molecule has 2 atom stereocenters. The van der Waals surface area contributed by atoms with Crippen LogP contribution in [0.15, 0.2) is 82.6 Å². The Balaban J connectivity index is 1.09. The highest BCUT2D eigenvalue weighted by Gasteiger charge is 2.44. The molecule has 2 fully saturated rings. The van der Waals surface area contributed by atoms with Crippen LogP contribution in [0.3, 0.4) is 0 Å². The molecule has 0 amide bonds. The fraction of sp³-hybridized carbons (Fsp3) is 0.486. The molecule has 1 spiro atoms. The number of aliphatic hydroxyl groups excluding tert-OH is 1. The first-order valence-corrected chi connectivity index (χ1v) is 19.4. The number of nitrogens with one attached hydrogen (secondary N) is 3. The van der Waals surface area contributed by atoms with Crippen LogP contribution in [0.2, 0.25) is 0 Å². The van der Waals surface area contributed by atoms with Crippen LogP contribution in [-0.4, -0.2) is 90.4 Å². The summed E-state index contributed by atoms with van der Waals surface area (Å²) in [6.45, 7) is 7.58. The predicted molar refractivity (Wildman–Crippen MR) is 186 cm³/mol. The van der Waals surface area contributed by atoms with Crippen molar-refractivity contribution in [2.75, 3.05) is 46.4 Å². The molecule has 13 heteroatoms. The molecule has 2 unspecified atom stereocenters. The van der Waals surface area contributed by atoms with Crippen LogP contribution < -0.4 is 20.1 Å². The molecule has 5 rings (SSSR count). The van der Waals surface area contributed by atoms with Gasteiger partial charge in [-0.25, -0.2) is 21.6 Å². The van der Waals surface area contributed by atoms with Gasteiger partial charge in [0.05, 0.1) is 22.0 Å². The van der Waals surface area contributed by atoms with Gasteiger partial charge in [0, 0.05) is 38.3 Å². The molecule has 0 aromatic heterocycles. The van der Waals surface area contributed by atoms with E-state index in [1.807, 2.05) is 18.2 Å². The maximum absolute atomic E-state index is 13.7. The maximum Gasteiger partial charge on any atom is 0.243 e. The quantitative estimate of drug-likeness (QED) is 0.188. The molecule has 48 heavy (non-hydrogen) atoms. The Morgan fingerprint density at radius 3 is 2.35 bits per heavy atom. The van der Waals surface area contributed by atoms with Crippen LogP contribution in [0, 0.1) is 5.92 Å². The van der Waals surface area contributed by atoms with Crippen LogP contribution >= 0.6 is 0 Å². The second-order valence-electron chi connectivity index (χ2n) is 13.1. The third-order valence-electron chi connectivity index (χ3n) is 8.95. The van der Waals surface area contributed by atoms with E-state index in [0.717, 1.165) is 30.6 Å². The molecule has 11 nitrogen and oxygen atoms in total. The summed E-state index contributed by atoms with van der Waals surface area (Å²) in [4.78, 5) is 0.375. The minimum absolute atomic E-state index is 0.00990. The lowest BCUT2D eigenvalue weighted by atomic mass is 9.88. The van der Waals surface area contributed by atoms with E-state index in [1.165, 1.54) is 24.7 Å². The first-order chi connectivity index (χ1) is 22.9. The zero-order valence-electron chi connectivity index (χ0n) is 27.9. The summed E-state index contributed by atoms with van der Waals surface area (Å²) in [5.74, 6) is 0.935. The van der Waals surface area contributed by atoms with Crippen molar-refractivity contribution in [3.63, 3.8) is 0 Å². The topological polar surface area (TPSA) is 146 Å². The van der Waals surface area contributed by atoms with Crippen LogP contribution in [-0.2, 0) is 31.3 Å². The van der Waals surface area contributed by atoms with E-state index in [4.69, 9.17) is 9.47 Å². The Labute approximate surface area is 285 Å². The Kier molecular flexibility index (Phi) is 12.0. The first-order valence-electron chi connectivity index (χ1n) is 16.5. The third kappa shape index (κ3) is 9.21. The van der Waals surface area contributed by atoms with Crippen molar-refractivity contribution < 1.29 is 31.4 Å². The zero-order chi connectivity index (χ0) is 34.4. The smallest absolute Gasteiger partial charge is 0.243 e. The predicted octanol–water partition coefficient (Wildman–Crippen LogP) is 3.35. The number of sulfonamides is 2. The fourth-order valence-corrected chi connectivity index (χ4v) is 8.42. The van der Waals surface area contributed by atoms with Crippen molar-refractivity contribution in [2.24, 2.45) is 5.92 Å². The highest BCUT2D eigenvalue weighted by Crippen LogP contribution is 2.37. The maximum atomic E-state index is 13.7. The molecule has 0 bridgehead atoms. The van der Waals surface area contributed by atoms with Gasteiger partial charge >= 0.3 is 0 Å². The lowest BCUT2D eigenvalue weighted by Crippen LogP contribution is -2.47. The molecule has 2 aliphatic rings. The van der Waals surface area contributed by atoms with Crippen molar-refractivity contribution in [1.29, 1.82) is 0 Å². The summed E-state index contributed by atoms with van der Waals surface area (Å²) in [6.07, 6.45) is 1.08. The minimum Gasteiger partial charge on any atom is -0.491 e. The van der Waals surface area contributed by atoms with E-state index < -0.39 is 31.8 Å². The monoisotopic (exact) mass is 700 g/mol. The number of aliphatic hydroxyl groups is 1. The number of hydrogen-bond acceptors (Lipinski definition) is 9. The summed E-state index contributed by atoms with van der Waals surface area (Å²) in [5.41, 5.74) is 2.62. The Hall–Kier alpha value is -2.88. The van der Waals surface area contributed by atoms with Gasteiger partial charge in [0.1, 0.15) is 18.5 Å². The molecular formula is C35H48N4O7S2. The molecule has 3 aromatic rings. The number of ether oxygens (including phenoxy) is 2. The summed E-state index contributed by atoms with van der Waals surface area (Å²) in [6, 6.07) is 21.5. The second kappa shape index (κ2) is 15.8. The van der Waals surface area contributed by atoms with E-state index in [-0.39, 0.29) is 29.0 Å². The van der Waals surface area contributed by atoms with Gasteiger partial charge < -0.3 is 25.2 Å². The number of piperidine rings is 1. The molecule has 2 aliphatic heterocycles.